The van der Waals surface area contributed by atoms with E-state index in [9.17, 15) is 17.6 Å². The molecule has 132 valence electrons. The smallest absolute Gasteiger partial charge is 0.269 e. The standard InChI is InChI=1S/C16H16FN3O3S2/c1-25(22,23)14-8-4-12(5-9-14)15(21)19-20-16(24)18-10-11-2-6-13(17)7-3-11/h2-9H,10H2,1H3,(H,19,21)(H2,18,20,24). The van der Waals surface area contributed by atoms with Crippen LogP contribution < -0.4 is 16.2 Å². The molecule has 0 fully saturated rings. The van der Waals surface area contributed by atoms with Crippen molar-refractivity contribution in [1.29, 1.82) is 0 Å². The average molecular weight is 381 g/mol. The number of hydrazine groups is 1. The minimum atomic E-state index is -3.31. The monoisotopic (exact) mass is 381 g/mol. The van der Waals surface area contributed by atoms with Gasteiger partial charge in [0, 0.05) is 18.4 Å². The van der Waals surface area contributed by atoms with Gasteiger partial charge in [-0.05, 0) is 54.2 Å². The van der Waals surface area contributed by atoms with Crippen molar-refractivity contribution < 1.29 is 17.6 Å². The SMILES string of the molecule is CS(=O)(=O)c1ccc(C(=O)NNC(=S)NCc2ccc(F)cc2)cc1. The molecule has 0 aliphatic heterocycles. The molecule has 0 atom stereocenters. The highest BCUT2D eigenvalue weighted by Gasteiger charge is 2.10. The summed E-state index contributed by atoms with van der Waals surface area (Å²) >= 11 is 5.03. The number of benzene rings is 2. The summed E-state index contributed by atoms with van der Waals surface area (Å²) in [5, 5.41) is 3.04. The van der Waals surface area contributed by atoms with E-state index in [2.05, 4.69) is 16.2 Å². The second kappa shape index (κ2) is 8.04. The number of sulfone groups is 1. The van der Waals surface area contributed by atoms with Gasteiger partial charge in [-0.2, -0.15) is 0 Å². The van der Waals surface area contributed by atoms with E-state index < -0.39 is 15.7 Å². The van der Waals surface area contributed by atoms with Crippen LogP contribution in [0.3, 0.4) is 0 Å². The lowest BCUT2D eigenvalue weighted by atomic mass is 10.2. The van der Waals surface area contributed by atoms with Crippen molar-refractivity contribution in [2.45, 2.75) is 11.4 Å². The van der Waals surface area contributed by atoms with Crippen LogP contribution in [-0.4, -0.2) is 25.7 Å². The minimum Gasteiger partial charge on any atom is -0.357 e. The fourth-order valence-corrected chi connectivity index (χ4v) is 2.62. The van der Waals surface area contributed by atoms with Gasteiger partial charge in [0.15, 0.2) is 14.9 Å². The fraction of sp³-hybridized carbons (Fsp3) is 0.125. The van der Waals surface area contributed by atoms with Crippen LogP contribution >= 0.6 is 12.2 Å². The summed E-state index contributed by atoms with van der Waals surface area (Å²) < 4.78 is 35.6. The van der Waals surface area contributed by atoms with Crippen molar-refractivity contribution in [3.8, 4) is 0 Å². The molecule has 0 saturated heterocycles. The fourth-order valence-electron chi connectivity index (χ4n) is 1.87. The highest BCUT2D eigenvalue weighted by Crippen LogP contribution is 2.10. The van der Waals surface area contributed by atoms with E-state index in [4.69, 9.17) is 12.2 Å². The summed E-state index contributed by atoms with van der Waals surface area (Å²) in [6, 6.07) is 11.4. The van der Waals surface area contributed by atoms with E-state index in [1.165, 1.54) is 36.4 Å². The maximum atomic E-state index is 12.8. The Morgan fingerprint density at radius 1 is 1.04 bits per heavy atom. The lowest BCUT2D eigenvalue weighted by Crippen LogP contribution is -2.46. The zero-order chi connectivity index (χ0) is 18.4. The first-order chi connectivity index (χ1) is 11.8. The van der Waals surface area contributed by atoms with Gasteiger partial charge in [0.1, 0.15) is 5.82 Å². The summed E-state index contributed by atoms with van der Waals surface area (Å²) in [6.07, 6.45) is 1.09. The van der Waals surface area contributed by atoms with Crippen molar-refractivity contribution >= 4 is 33.1 Å². The Bertz CT molecular complexity index is 867. The molecule has 0 bridgehead atoms. The first kappa shape index (κ1) is 18.8. The van der Waals surface area contributed by atoms with Gasteiger partial charge in [0.05, 0.1) is 4.90 Å². The van der Waals surface area contributed by atoms with Crippen LogP contribution in [0.2, 0.25) is 0 Å². The topological polar surface area (TPSA) is 87.3 Å². The van der Waals surface area contributed by atoms with Gasteiger partial charge < -0.3 is 5.32 Å². The van der Waals surface area contributed by atoms with E-state index in [0.29, 0.717) is 6.54 Å². The predicted octanol–water partition coefficient (Wildman–Crippen LogP) is 1.54. The summed E-state index contributed by atoms with van der Waals surface area (Å²) in [5.74, 6) is -0.787. The summed E-state index contributed by atoms with van der Waals surface area (Å²) in [5.41, 5.74) is 6.04. The highest BCUT2D eigenvalue weighted by atomic mass is 32.2. The first-order valence-corrected chi connectivity index (χ1v) is 9.44. The first-order valence-electron chi connectivity index (χ1n) is 7.14. The number of thiocarbonyl (C=S) groups is 1. The second-order valence-electron chi connectivity index (χ2n) is 5.18. The normalized spacial score (nSPS) is 10.8. The van der Waals surface area contributed by atoms with Gasteiger partial charge in [-0.1, -0.05) is 12.1 Å². The molecule has 0 saturated carbocycles. The number of amides is 1. The zero-order valence-corrected chi connectivity index (χ0v) is 14.9. The van der Waals surface area contributed by atoms with E-state index in [1.807, 2.05) is 0 Å². The molecule has 2 aromatic carbocycles. The van der Waals surface area contributed by atoms with Crippen LogP contribution in [-0.2, 0) is 16.4 Å². The maximum Gasteiger partial charge on any atom is 0.269 e. The van der Waals surface area contributed by atoms with E-state index >= 15 is 0 Å². The Hall–Kier alpha value is -2.52. The highest BCUT2D eigenvalue weighted by molar-refractivity contribution is 7.90. The Labute approximate surface area is 150 Å². The number of carbonyl (C=O) groups is 1. The molecule has 0 heterocycles. The van der Waals surface area contributed by atoms with Crippen LogP contribution in [0, 0.1) is 5.82 Å². The number of nitrogens with one attached hydrogen (secondary N) is 3. The minimum absolute atomic E-state index is 0.133. The van der Waals surface area contributed by atoms with Gasteiger partial charge in [0.2, 0.25) is 0 Å². The van der Waals surface area contributed by atoms with Crippen molar-refractivity contribution in [3.63, 3.8) is 0 Å². The molecule has 25 heavy (non-hydrogen) atoms. The van der Waals surface area contributed by atoms with E-state index in [0.717, 1.165) is 11.8 Å². The molecular weight excluding hydrogens is 365 g/mol. The Morgan fingerprint density at radius 3 is 2.20 bits per heavy atom. The predicted molar refractivity (Wildman–Crippen MR) is 96.0 cm³/mol. The van der Waals surface area contributed by atoms with Crippen molar-refractivity contribution in [2.24, 2.45) is 0 Å². The molecule has 0 aromatic heterocycles. The average Bonchev–Trinajstić information content (AvgIpc) is 2.58. The van der Waals surface area contributed by atoms with E-state index in [1.54, 1.807) is 12.1 Å². The largest absolute Gasteiger partial charge is 0.357 e. The van der Waals surface area contributed by atoms with Crippen molar-refractivity contribution in [2.75, 3.05) is 6.26 Å². The molecule has 6 nitrogen and oxygen atoms in total. The molecule has 0 spiro atoms. The number of halogens is 1. The maximum absolute atomic E-state index is 12.8. The van der Waals surface area contributed by atoms with Gasteiger partial charge in [-0.3, -0.25) is 15.6 Å². The molecule has 1 amide bonds. The lowest BCUT2D eigenvalue weighted by molar-refractivity contribution is 0.0943. The molecule has 0 radical (unpaired) electrons. The third kappa shape index (κ3) is 5.80. The Morgan fingerprint density at radius 2 is 1.64 bits per heavy atom. The zero-order valence-electron chi connectivity index (χ0n) is 13.2. The van der Waals surface area contributed by atoms with Crippen molar-refractivity contribution in [1.82, 2.24) is 16.2 Å². The Kier molecular flexibility index (Phi) is 6.05. The number of rotatable bonds is 4. The number of hydrogen-bond donors (Lipinski definition) is 3. The van der Waals surface area contributed by atoms with Gasteiger partial charge in [-0.25, -0.2) is 12.8 Å². The molecule has 9 heteroatoms. The summed E-state index contributed by atoms with van der Waals surface area (Å²) in [4.78, 5) is 12.1. The van der Waals surface area contributed by atoms with Crippen LogP contribution in [0.1, 0.15) is 15.9 Å². The Balaban J connectivity index is 1.82. The molecular formula is C16H16FN3O3S2. The lowest BCUT2D eigenvalue weighted by Gasteiger charge is -2.12. The quantitative estimate of drug-likeness (QED) is 0.550. The van der Waals surface area contributed by atoms with Crippen LogP contribution in [0.5, 0.6) is 0 Å². The van der Waals surface area contributed by atoms with Gasteiger partial charge in [0.25, 0.3) is 5.91 Å². The molecule has 0 aliphatic rings. The third-order valence-corrected chi connectivity index (χ3v) is 4.58. The molecule has 3 N–H and O–H groups in total. The number of carbonyl (C=O) groups excluding carboxylic acids is 1. The van der Waals surface area contributed by atoms with Crippen LogP contribution in [0.4, 0.5) is 4.39 Å². The molecule has 2 aromatic rings. The summed E-state index contributed by atoms with van der Waals surface area (Å²) in [7, 11) is -3.31. The van der Waals surface area contributed by atoms with Gasteiger partial charge >= 0.3 is 0 Å². The van der Waals surface area contributed by atoms with Crippen LogP contribution in [0.15, 0.2) is 53.4 Å². The number of hydrogen-bond acceptors (Lipinski definition) is 4. The van der Waals surface area contributed by atoms with Crippen molar-refractivity contribution in [3.05, 3.63) is 65.5 Å². The second-order valence-corrected chi connectivity index (χ2v) is 7.61. The molecule has 0 aliphatic carbocycles. The van der Waals surface area contributed by atoms with Crippen LogP contribution in [0.25, 0.3) is 0 Å². The molecule has 0 unspecified atom stereocenters. The van der Waals surface area contributed by atoms with E-state index in [-0.39, 0.29) is 21.4 Å². The summed E-state index contributed by atoms with van der Waals surface area (Å²) in [6.45, 7) is 0.366. The third-order valence-electron chi connectivity index (χ3n) is 3.20. The van der Waals surface area contributed by atoms with Gasteiger partial charge in [-0.15, -0.1) is 0 Å². The molecule has 2 rings (SSSR count).